The number of nitrogens with one attached hydrogen (secondary N) is 1. The molecule has 0 aliphatic carbocycles. The molecule has 0 aromatic rings. The summed E-state index contributed by atoms with van der Waals surface area (Å²) in [6.45, 7) is 9.26. The van der Waals surface area contributed by atoms with Crippen molar-refractivity contribution >= 4 is 17.7 Å². The number of rotatable bonds is 9. The van der Waals surface area contributed by atoms with Gasteiger partial charge in [0.15, 0.2) is 0 Å². The van der Waals surface area contributed by atoms with Gasteiger partial charge in [0.1, 0.15) is 0 Å². The second kappa shape index (κ2) is 8.08. The Kier molecular flexibility index (Phi) is 6.74. The molecule has 0 unspecified atom stereocenters. The fraction of sp³-hybridized carbons (Fsp3) is 0.688. The average molecular weight is 310 g/mol. The van der Waals surface area contributed by atoms with Crippen LogP contribution in [-0.4, -0.2) is 47.9 Å². The number of hydrogen-bond donors (Lipinski definition) is 1. The number of amides is 3. The third-order valence-electron chi connectivity index (χ3n) is 3.36. The van der Waals surface area contributed by atoms with Crippen LogP contribution in [0.25, 0.3) is 0 Å². The first-order chi connectivity index (χ1) is 10.2. The Morgan fingerprint density at radius 3 is 2.41 bits per heavy atom. The molecule has 6 heteroatoms. The molecule has 0 bridgehead atoms. The van der Waals surface area contributed by atoms with Crippen LogP contribution in [0.5, 0.6) is 0 Å². The topological polar surface area (TPSA) is 75.7 Å². The smallest absolute Gasteiger partial charge is 0.253 e. The number of ether oxygens (including phenoxy) is 1. The van der Waals surface area contributed by atoms with Crippen molar-refractivity contribution in [3.63, 3.8) is 0 Å². The highest BCUT2D eigenvalue weighted by Crippen LogP contribution is 2.10. The zero-order valence-corrected chi connectivity index (χ0v) is 13.8. The Bertz CT molecular complexity index is 437. The van der Waals surface area contributed by atoms with E-state index in [1.54, 1.807) is 0 Å². The van der Waals surface area contributed by atoms with Crippen molar-refractivity contribution in [3.8, 4) is 0 Å². The molecule has 0 aromatic carbocycles. The molecule has 3 amide bonds. The van der Waals surface area contributed by atoms with E-state index in [2.05, 4.69) is 19.2 Å². The number of hydrogen-bond acceptors (Lipinski definition) is 4. The van der Waals surface area contributed by atoms with Crippen LogP contribution in [0.15, 0.2) is 12.2 Å². The summed E-state index contributed by atoms with van der Waals surface area (Å²) >= 11 is 0. The van der Waals surface area contributed by atoms with Gasteiger partial charge in [-0.2, -0.15) is 0 Å². The number of carbonyl (C=O) groups excluding carboxylic acids is 3. The predicted octanol–water partition coefficient (Wildman–Crippen LogP) is 1.26. The largest absolute Gasteiger partial charge is 0.374 e. The lowest BCUT2D eigenvalue weighted by molar-refractivity contribution is -0.137. The highest BCUT2D eigenvalue weighted by Gasteiger charge is 2.24. The van der Waals surface area contributed by atoms with Crippen molar-refractivity contribution in [1.29, 1.82) is 0 Å². The maximum Gasteiger partial charge on any atom is 0.253 e. The summed E-state index contributed by atoms with van der Waals surface area (Å²) in [7, 11) is 0. The third-order valence-corrected chi connectivity index (χ3v) is 3.36. The first-order valence-electron chi connectivity index (χ1n) is 7.65. The molecular formula is C16H26N2O4. The number of nitrogens with zero attached hydrogens (tertiary/aromatic N) is 1. The minimum atomic E-state index is -0.439. The predicted molar refractivity (Wildman–Crippen MR) is 83.0 cm³/mol. The minimum Gasteiger partial charge on any atom is -0.374 e. The maximum atomic E-state index is 11.8. The van der Waals surface area contributed by atoms with Crippen LogP contribution in [0.4, 0.5) is 0 Å². The second-order valence-electron chi connectivity index (χ2n) is 6.48. The molecule has 1 aliphatic rings. The van der Waals surface area contributed by atoms with Gasteiger partial charge in [0.2, 0.25) is 5.91 Å². The quantitative estimate of drug-likeness (QED) is 0.651. The van der Waals surface area contributed by atoms with Crippen molar-refractivity contribution in [2.75, 3.05) is 19.7 Å². The monoisotopic (exact) mass is 310 g/mol. The van der Waals surface area contributed by atoms with E-state index in [9.17, 15) is 14.4 Å². The van der Waals surface area contributed by atoms with Gasteiger partial charge < -0.3 is 10.1 Å². The van der Waals surface area contributed by atoms with E-state index in [0.29, 0.717) is 19.1 Å². The zero-order chi connectivity index (χ0) is 16.8. The molecule has 1 rings (SSSR count). The van der Waals surface area contributed by atoms with E-state index in [4.69, 9.17) is 4.74 Å². The SMILES string of the molecule is CC(C)CCOC(C)(C)CNC(=O)CCN1C(=O)C=CC1=O. The molecule has 22 heavy (non-hydrogen) atoms. The lowest BCUT2D eigenvalue weighted by atomic mass is 10.1. The first-order valence-corrected chi connectivity index (χ1v) is 7.65. The minimum absolute atomic E-state index is 0.0984. The van der Waals surface area contributed by atoms with E-state index in [1.165, 1.54) is 12.2 Å². The maximum absolute atomic E-state index is 11.8. The van der Waals surface area contributed by atoms with Crippen molar-refractivity contribution in [1.82, 2.24) is 10.2 Å². The lowest BCUT2D eigenvalue weighted by Gasteiger charge is -2.26. The Balaban J connectivity index is 2.24. The third kappa shape index (κ3) is 6.39. The van der Waals surface area contributed by atoms with Gasteiger partial charge in [-0.1, -0.05) is 13.8 Å². The Morgan fingerprint density at radius 2 is 1.86 bits per heavy atom. The molecule has 0 spiro atoms. The molecule has 0 atom stereocenters. The number of carbonyl (C=O) groups is 3. The standard InChI is InChI=1S/C16H26N2O4/c1-12(2)8-10-22-16(3,4)11-17-13(19)7-9-18-14(20)5-6-15(18)21/h5-6,12H,7-11H2,1-4H3,(H,17,19). The molecule has 1 aliphatic heterocycles. The van der Waals surface area contributed by atoms with Gasteiger partial charge in [0, 0.05) is 38.3 Å². The van der Waals surface area contributed by atoms with E-state index in [1.807, 2.05) is 13.8 Å². The van der Waals surface area contributed by atoms with Crippen molar-refractivity contribution in [3.05, 3.63) is 12.2 Å². The number of imide groups is 1. The molecule has 124 valence electrons. The molecule has 0 radical (unpaired) electrons. The summed E-state index contributed by atoms with van der Waals surface area (Å²) in [5, 5.41) is 2.78. The average Bonchev–Trinajstić information content (AvgIpc) is 2.73. The van der Waals surface area contributed by atoms with Gasteiger partial charge >= 0.3 is 0 Å². The molecule has 1 heterocycles. The lowest BCUT2D eigenvalue weighted by Crippen LogP contribution is -2.42. The van der Waals surface area contributed by atoms with Gasteiger partial charge in [-0.25, -0.2) is 0 Å². The van der Waals surface area contributed by atoms with Gasteiger partial charge in [-0.3, -0.25) is 19.3 Å². The van der Waals surface area contributed by atoms with Crippen LogP contribution in [0, 0.1) is 5.92 Å². The van der Waals surface area contributed by atoms with Crippen molar-refractivity contribution in [2.24, 2.45) is 5.92 Å². The van der Waals surface area contributed by atoms with E-state index in [-0.39, 0.29) is 30.7 Å². The molecule has 0 saturated carbocycles. The van der Waals surface area contributed by atoms with Crippen molar-refractivity contribution < 1.29 is 19.1 Å². The molecule has 6 nitrogen and oxygen atoms in total. The summed E-state index contributed by atoms with van der Waals surface area (Å²) in [4.78, 5) is 35.6. The van der Waals surface area contributed by atoms with Crippen LogP contribution in [0.3, 0.4) is 0 Å². The van der Waals surface area contributed by atoms with E-state index in [0.717, 1.165) is 11.3 Å². The van der Waals surface area contributed by atoms with Crippen LogP contribution in [0.2, 0.25) is 0 Å². The van der Waals surface area contributed by atoms with Crippen LogP contribution in [-0.2, 0) is 19.1 Å². The Labute approximate surface area is 131 Å². The van der Waals surface area contributed by atoms with Gasteiger partial charge in [-0.05, 0) is 26.2 Å². The molecule has 1 N–H and O–H groups in total. The second-order valence-corrected chi connectivity index (χ2v) is 6.48. The Morgan fingerprint density at radius 1 is 1.27 bits per heavy atom. The summed E-state index contributed by atoms with van der Waals surface area (Å²) in [6.07, 6.45) is 3.50. The van der Waals surface area contributed by atoms with E-state index >= 15 is 0 Å². The summed E-state index contributed by atoms with van der Waals surface area (Å²) < 4.78 is 5.76. The van der Waals surface area contributed by atoms with Crippen LogP contribution < -0.4 is 5.32 Å². The Hall–Kier alpha value is -1.69. The summed E-state index contributed by atoms with van der Waals surface area (Å²) in [5.41, 5.74) is -0.439. The summed E-state index contributed by atoms with van der Waals surface area (Å²) in [5.74, 6) is -0.354. The van der Waals surface area contributed by atoms with Gasteiger partial charge in [0.05, 0.1) is 5.60 Å². The van der Waals surface area contributed by atoms with Gasteiger partial charge in [0.25, 0.3) is 11.8 Å². The van der Waals surface area contributed by atoms with Crippen LogP contribution in [0.1, 0.15) is 40.5 Å². The normalized spacial score (nSPS) is 15.0. The van der Waals surface area contributed by atoms with E-state index < -0.39 is 5.60 Å². The molecular weight excluding hydrogens is 284 g/mol. The molecule has 0 saturated heterocycles. The highest BCUT2D eigenvalue weighted by atomic mass is 16.5. The van der Waals surface area contributed by atoms with Gasteiger partial charge in [-0.15, -0.1) is 0 Å². The fourth-order valence-electron chi connectivity index (χ4n) is 1.89. The molecule has 0 aromatic heterocycles. The summed E-state index contributed by atoms with van der Waals surface area (Å²) in [6, 6.07) is 0. The first kappa shape index (κ1) is 18.4. The zero-order valence-electron chi connectivity index (χ0n) is 13.8. The van der Waals surface area contributed by atoms with Crippen molar-refractivity contribution in [2.45, 2.75) is 46.1 Å². The van der Waals surface area contributed by atoms with Crippen LogP contribution >= 0.6 is 0 Å². The fourth-order valence-corrected chi connectivity index (χ4v) is 1.89. The molecule has 0 fully saturated rings. The highest BCUT2D eigenvalue weighted by molar-refractivity contribution is 6.13.